The van der Waals surface area contributed by atoms with Gasteiger partial charge in [0, 0.05) is 37.3 Å². The molecule has 2 heterocycles. The smallest absolute Gasteiger partial charge is 0.0593 e. The first kappa shape index (κ1) is 11.7. The molecule has 1 saturated carbocycles. The summed E-state index contributed by atoms with van der Waals surface area (Å²) in [6.07, 6.45) is 3.89. The lowest BCUT2D eigenvalue weighted by atomic mass is 10.1. The number of nitrogens with zero attached hydrogens (tertiary/aromatic N) is 1. The Labute approximate surface area is 114 Å². The maximum absolute atomic E-state index is 5.78. The molecule has 3 heteroatoms. The summed E-state index contributed by atoms with van der Waals surface area (Å²) in [6, 6.07) is 6.75. The Morgan fingerprint density at radius 3 is 3.16 bits per heavy atom. The van der Waals surface area contributed by atoms with Crippen LogP contribution in [0.2, 0.25) is 0 Å². The first-order chi connectivity index (χ1) is 9.35. The van der Waals surface area contributed by atoms with E-state index in [4.69, 9.17) is 4.74 Å². The van der Waals surface area contributed by atoms with E-state index in [1.54, 1.807) is 0 Å². The van der Waals surface area contributed by atoms with E-state index in [0.717, 1.165) is 32.8 Å². The van der Waals surface area contributed by atoms with Crippen molar-refractivity contribution in [3.8, 4) is 0 Å². The molecule has 1 N–H and O–H groups in total. The largest absolute Gasteiger partial charge is 0.384 e. The van der Waals surface area contributed by atoms with Crippen LogP contribution in [0.15, 0.2) is 18.2 Å². The highest BCUT2D eigenvalue weighted by atomic mass is 16.5. The van der Waals surface area contributed by atoms with E-state index in [9.17, 15) is 0 Å². The van der Waals surface area contributed by atoms with E-state index < -0.39 is 0 Å². The lowest BCUT2D eigenvalue weighted by molar-refractivity contribution is 0.115. The molecule has 0 radical (unpaired) electrons. The van der Waals surface area contributed by atoms with Crippen LogP contribution in [0.4, 0.5) is 5.69 Å². The zero-order valence-corrected chi connectivity index (χ0v) is 11.5. The number of para-hydroxylation sites is 1. The fraction of sp³-hybridized carbons (Fsp3) is 0.625. The van der Waals surface area contributed by atoms with Gasteiger partial charge >= 0.3 is 0 Å². The van der Waals surface area contributed by atoms with Crippen molar-refractivity contribution < 1.29 is 4.74 Å². The normalized spacial score (nSPS) is 24.8. The summed E-state index contributed by atoms with van der Waals surface area (Å²) in [5.74, 6) is 0. The fourth-order valence-electron chi connectivity index (χ4n) is 3.48. The van der Waals surface area contributed by atoms with Gasteiger partial charge in [-0.2, -0.15) is 0 Å². The number of rotatable bonds is 2. The molecular formula is C16H22N2O. The molecule has 1 saturated heterocycles. The summed E-state index contributed by atoms with van der Waals surface area (Å²) in [5, 5.41) is 3.55. The Bertz CT molecular complexity index is 482. The average Bonchev–Trinajstić information content (AvgIpc) is 3.06. The topological polar surface area (TPSA) is 24.5 Å². The summed E-state index contributed by atoms with van der Waals surface area (Å²) in [6.45, 7) is 6.33. The highest BCUT2D eigenvalue weighted by molar-refractivity contribution is 5.61. The maximum atomic E-state index is 5.78. The van der Waals surface area contributed by atoms with E-state index in [1.165, 1.54) is 42.6 Å². The Balaban J connectivity index is 1.53. The van der Waals surface area contributed by atoms with E-state index in [1.807, 2.05) is 0 Å². The molecule has 19 heavy (non-hydrogen) atoms. The average molecular weight is 258 g/mol. The number of nitrogens with one attached hydrogen (secondary N) is 1. The first-order valence-corrected chi connectivity index (χ1v) is 7.49. The molecular weight excluding hydrogens is 236 g/mol. The van der Waals surface area contributed by atoms with Crippen molar-refractivity contribution in [3.05, 3.63) is 29.3 Å². The summed E-state index contributed by atoms with van der Waals surface area (Å²) in [7, 11) is 0. The van der Waals surface area contributed by atoms with Gasteiger partial charge in [0.15, 0.2) is 0 Å². The van der Waals surface area contributed by atoms with Gasteiger partial charge in [0.25, 0.3) is 0 Å². The van der Waals surface area contributed by atoms with E-state index in [-0.39, 0.29) is 0 Å². The molecule has 2 fully saturated rings. The van der Waals surface area contributed by atoms with Crippen molar-refractivity contribution in [1.29, 1.82) is 0 Å². The number of hydrogen-bond donors (Lipinski definition) is 1. The van der Waals surface area contributed by atoms with Gasteiger partial charge in [0.2, 0.25) is 0 Å². The monoisotopic (exact) mass is 258 g/mol. The molecule has 0 amide bonds. The van der Waals surface area contributed by atoms with E-state index >= 15 is 0 Å². The van der Waals surface area contributed by atoms with E-state index in [2.05, 4.69) is 28.4 Å². The standard InChI is InChI=1S/C16H22N2O/c1-2-13-4-7-17-15(13)14(3-1)10-18-8-9-19-12-16(11-18)5-6-16/h1-3,17H,4-12H2. The zero-order valence-electron chi connectivity index (χ0n) is 11.5. The first-order valence-electron chi connectivity index (χ1n) is 7.49. The SMILES string of the molecule is c1cc2c(c(CN3CCOCC4(CC4)C3)c1)NCC2. The Morgan fingerprint density at radius 2 is 2.26 bits per heavy atom. The van der Waals surface area contributed by atoms with Gasteiger partial charge in [-0.3, -0.25) is 4.90 Å². The van der Waals surface area contributed by atoms with Crippen molar-refractivity contribution in [2.75, 3.05) is 38.2 Å². The Kier molecular flexibility index (Phi) is 2.78. The van der Waals surface area contributed by atoms with Crippen LogP contribution in [0.25, 0.3) is 0 Å². The van der Waals surface area contributed by atoms with Crippen molar-refractivity contribution in [2.24, 2.45) is 5.41 Å². The predicted molar refractivity (Wildman–Crippen MR) is 76.4 cm³/mol. The molecule has 3 nitrogen and oxygen atoms in total. The molecule has 1 aliphatic carbocycles. The van der Waals surface area contributed by atoms with Gasteiger partial charge in [-0.1, -0.05) is 18.2 Å². The summed E-state index contributed by atoms with van der Waals surface area (Å²) < 4.78 is 5.78. The number of hydrogen-bond acceptors (Lipinski definition) is 3. The Morgan fingerprint density at radius 1 is 1.32 bits per heavy atom. The minimum Gasteiger partial charge on any atom is -0.384 e. The maximum Gasteiger partial charge on any atom is 0.0593 e. The van der Waals surface area contributed by atoms with Crippen LogP contribution >= 0.6 is 0 Å². The summed E-state index contributed by atoms with van der Waals surface area (Å²) >= 11 is 0. The third kappa shape index (κ3) is 2.26. The fourth-order valence-corrected chi connectivity index (χ4v) is 3.48. The third-order valence-electron chi connectivity index (χ3n) is 4.80. The zero-order chi connectivity index (χ0) is 12.7. The molecule has 0 atom stereocenters. The van der Waals surface area contributed by atoms with Crippen LogP contribution in [-0.2, 0) is 17.7 Å². The van der Waals surface area contributed by atoms with Crippen LogP contribution in [0, 0.1) is 5.41 Å². The van der Waals surface area contributed by atoms with Gasteiger partial charge in [0.1, 0.15) is 0 Å². The third-order valence-corrected chi connectivity index (χ3v) is 4.80. The summed E-state index contributed by atoms with van der Waals surface area (Å²) in [5.41, 5.74) is 4.86. The molecule has 1 spiro atoms. The number of ether oxygens (including phenoxy) is 1. The second-order valence-corrected chi connectivity index (χ2v) is 6.39. The highest BCUT2D eigenvalue weighted by Crippen LogP contribution is 2.47. The summed E-state index contributed by atoms with van der Waals surface area (Å²) in [4.78, 5) is 2.59. The second kappa shape index (κ2) is 4.50. The molecule has 4 rings (SSSR count). The van der Waals surface area contributed by atoms with Crippen LogP contribution in [0.5, 0.6) is 0 Å². The number of fused-ring (bicyclic) bond motifs is 1. The van der Waals surface area contributed by atoms with Crippen LogP contribution in [0.3, 0.4) is 0 Å². The van der Waals surface area contributed by atoms with Crippen molar-refractivity contribution in [2.45, 2.75) is 25.8 Å². The molecule has 2 aliphatic heterocycles. The van der Waals surface area contributed by atoms with Gasteiger partial charge in [-0.15, -0.1) is 0 Å². The molecule has 0 unspecified atom stereocenters. The van der Waals surface area contributed by atoms with Gasteiger partial charge < -0.3 is 10.1 Å². The molecule has 0 bridgehead atoms. The lowest BCUT2D eigenvalue weighted by Crippen LogP contribution is -2.30. The molecule has 1 aromatic carbocycles. The van der Waals surface area contributed by atoms with Gasteiger partial charge in [0.05, 0.1) is 13.2 Å². The second-order valence-electron chi connectivity index (χ2n) is 6.39. The highest BCUT2D eigenvalue weighted by Gasteiger charge is 2.45. The predicted octanol–water partition coefficient (Wildman–Crippen LogP) is 2.27. The van der Waals surface area contributed by atoms with Gasteiger partial charge in [-0.05, 0) is 30.4 Å². The minimum atomic E-state index is 0.502. The molecule has 102 valence electrons. The van der Waals surface area contributed by atoms with Crippen molar-refractivity contribution >= 4 is 5.69 Å². The molecule has 1 aromatic rings. The molecule has 0 aromatic heterocycles. The van der Waals surface area contributed by atoms with Gasteiger partial charge in [-0.25, -0.2) is 0 Å². The molecule has 3 aliphatic rings. The van der Waals surface area contributed by atoms with E-state index in [0.29, 0.717) is 5.41 Å². The minimum absolute atomic E-state index is 0.502. The quantitative estimate of drug-likeness (QED) is 0.880. The van der Waals surface area contributed by atoms with Crippen molar-refractivity contribution in [3.63, 3.8) is 0 Å². The number of anilines is 1. The van der Waals surface area contributed by atoms with Crippen LogP contribution in [-0.4, -0.2) is 37.7 Å². The van der Waals surface area contributed by atoms with Crippen molar-refractivity contribution in [1.82, 2.24) is 4.90 Å². The number of benzene rings is 1. The Hall–Kier alpha value is -1.06. The van der Waals surface area contributed by atoms with Crippen LogP contribution in [0.1, 0.15) is 24.0 Å². The van der Waals surface area contributed by atoms with Crippen LogP contribution < -0.4 is 5.32 Å². The lowest BCUT2D eigenvalue weighted by Gasteiger charge is -2.24.